The monoisotopic (exact) mass is 279 g/mol. The number of nitrogens with zero attached hydrogens (tertiary/aromatic N) is 1. The lowest BCUT2D eigenvalue weighted by Gasteiger charge is -2.19. The summed E-state index contributed by atoms with van der Waals surface area (Å²) in [5.74, 6) is -0.0373. The zero-order valence-electron chi connectivity index (χ0n) is 9.19. The maximum Gasteiger partial charge on any atom is 0.250 e. The topological polar surface area (TPSA) is 20.3 Å². The van der Waals surface area contributed by atoms with Crippen molar-refractivity contribution in [3.8, 4) is 0 Å². The highest BCUT2D eigenvalue weighted by molar-refractivity contribution is 9.10. The average molecular weight is 280 g/mol. The van der Waals surface area contributed by atoms with Crippen molar-refractivity contribution < 1.29 is 4.79 Å². The maximum absolute atomic E-state index is 11.8. The number of benzene rings is 1. The van der Waals surface area contributed by atoms with Gasteiger partial charge in [-0.05, 0) is 37.3 Å². The molecule has 2 nitrogen and oxygen atoms in total. The van der Waals surface area contributed by atoms with Crippen LogP contribution in [0.3, 0.4) is 0 Å². The minimum Gasteiger partial charge on any atom is -0.305 e. The summed E-state index contributed by atoms with van der Waals surface area (Å²) in [6.45, 7) is 5.99. The van der Waals surface area contributed by atoms with Crippen molar-refractivity contribution in [2.75, 3.05) is 11.4 Å². The van der Waals surface area contributed by atoms with Gasteiger partial charge in [-0.3, -0.25) is 4.79 Å². The molecule has 0 aliphatic heterocycles. The standard InChI is InChI=1S/C13H14BrNO/c1-3-5-13(16)15(10-4-2)12-8-6-11(14)7-9-12/h3-9H,2,10H2,1H3. The summed E-state index contributed by atoms with van der Waals surface area (Å²) in [6, 6.07) is 7.62. The van der Waals surface area contributed by atoms with Crippen LogP contribution in [0.15, 0.2) is 53.5 Å². The van der Waals surface area contributed by atoms with Gasteiger partial charge in [0.1, 0.15) is 0 Å². The van der Waals surface area contributed by atoms with Crippen LogP contribution in [-0.4, -0.2) is 12.5 Å². The van der Waals surface area contributed by atoms with Crippen LogP contribution >= 0.6 is 15.9 Å². The Bertz CT molecular complexity index is 395. The minimum absolute atomic E-state index is 0.0373. The van der Waals surface area contributed by atoms with E-state index >= 15 is 0 Å². The molecule has 1 amide bonds. The van der Waals surface area contributed by atoms with Gasteiger partial charge in [-0.2, -0.15) is 0 Å². The number of amides is 1. The van der Waals surface area contributed by atoms with E-state index < -0.39 is 0 Å². The number of halogens is 1. The maximum atomic E-state index is 11.8. The number of rotatable bonds is 4. The fraction of sp³-hybridized carbons (Fsp3) is 0.154. The molecule has 0 aliphatic carbocycles. The summed E-state index contributed by atoms with van der Waals surface area (Å²) in [5.41, 5.74) is 0.867. The minimum atomic E-state index is -0.0373. The summed E-state index contributed by atoms with van der Waals surface area (Å²) in [5, 5.41) is 0. The quantitative estimate of drug-likeness (QED) is 0.610. The molecule has 0 bridgehead atoms. The van der Waals surface area contributed by atoms with Gasteiger partial charge in [0.15, 0.2) is 0 Å². The lowest BCUT2D eigenvalue weighted by atomic mass is 10.2. The van der Waals surface area contributed by atoms with E-state index in [1.165, 1.54) is 0 Å². The van der Waals surface area contributed by atoms with Crippen LogP contribution in [0.1, 0.15) is 6.92 Å². The van der Waals surface area contributed by atoms with Gasteiger partial charge in [-0.15, -0.1) is 6.58 Å². The van der Waals surface area contributed by atoms with Gasteiger partial charge in [-0.1, -0.05) is 28.1 Å². The van der Waals surface area contributed by atoms with Crippen LogP contribution in [0.4, 0.5) is 5.69 Å². The smallest absolute Gasteiger partial charge is 0.250 e. The molecule has 3 heteroatoms. The molecular weight excluding hydrogens is 266 g/mol. The Balaban J connectivity index is 2.97. The zero-order valence-corrected chi connectivity index (χ0v) is 10.8. The first kappa shape index (κ1) is 12.7. The van der Waals surface area contributed by atoms with Crippen molar-refractivity contribution in [2.24, 2.45) is 0 Å². The van der Waals surface area contributed by atoms with Crippen molar-refractivity contribution in [3.05, 3.63) is 53.5 Å². The first-order valence-corrected chi connectivity index (χ1v) is 5.79. The summed E-state index contributed by atoms with van der Waals surface area (Å²) < 4.78 is 0.994. The fourth-order valence-electron chi connectivity index (χ4n) is 1.31. The van der Waals surface area contributed by atoms with E-state index in [4.69, 9.17) is 0 Å². The SMILES string of the molecule is C=CCN(C(=O)C=CC)c1ccc(Br)cc1. The first-order valence-electron chi connectivity index (χ1n) is 4.99. The number of carbonyl (C=O) groups is 1. The van der Waals surface area contributed by atoms with Gasteiger partial charge < -0.3 is 4.90 Å². The Morgan fingerprint density at radius 3 is 2.56 bits per heavy atom. The van der Waals surface area contributed by atoms with Crippen LogP contribution in [0.5, 0.6) is 0 Å². The summed E-state index contributed by atoms with van der Waals surface area (Å²) >= 11 is 3.36. The molecule has 0 saturated heterocycles. The number of anilines is 1. The molecule has 0 radical (unpaired) electrons. The Hall–Kier alpha value is -1.35. The normalized spacial score (nSPS) is 10.4. The average Bonchev–Trinajstić information content (AvgIpc) is 2.28. The third-order valence-corrected chi connectivity index (χ3v) is 2.55. The molecule has 0 aliphatic rings. The van der Waals surface area contributed by atoms with Crippen LogP contribution in [0.25, 0.3) is 0 Å². The van der Waals surface area contributed by atoms with Gasteiger partial charge in [0.2, 0.25) is 0 Å². The fourth-order valence-corrected chi connectivity index (χ4v) is 1.57. The third kappa shape index (κ3) is 3.35. The second-order valence-electron chi connectivity index (χ2n) is 3.21. The van der Waals surface area contributed by atoms with E-state index in [1.54, 1.807) is 23.1 Å². The van der Waals surface area contributed by atoms with Crippen molar-refractivity contribution >= 4 is 27.5 Å². The number of hydrogen-bond acceptors (Lipinski definition) is 1. The second-order valence-corrected chi connectivity index (χ2v) is 4.13. The molecule has 0 unspecified atom stereocenters. The zero-order chi connectivity index (χ0) is 12.0. The van der Waals surface area contributed by atoms with Gasteiger partial charge in [0.05, 0.1) is 0 Å². The molecule has 1 aromatic carbocycles. The van der Waals surface area contributed by atoms with E-state index in [2.05, 4.69) is 22.5 Å². The molecule has 0 fully saturated rings. The first-order chi connectivity index (χ1) is 7.69. The second kappa shape index (κ2) is 6.28. The Labute approximate surface area is 104 Å². The van der Waals surface area contributed by atoms with Crippen LogP contribution in [0.2, 0.25) is 0 Å². The van der Waals surface area contributed by atoms with Crippen LogP contribution in [-0.2, 0) is 4.79 Å². The van der Waals surface area contributed by atoms with E-state index in [-0.39, 0.29) is 5.91 Å². The highest BCUT2D eigenvalue weighted by Gasteiger charge is 2.10. The van der Waals surface area contributed by atoms with Gasteiger partial charge in [0.25, 0.3) is 5.91 Å². The number of allylic oxidation sites excluding steroid dienone is 1. The van der Waals surface area contributed by atoms with Crippen LogP contribution in [0, 0.1) is 0 Å². The Kier molecular flexibility index (Phi) is 4.99. The lowest BCUT2D eigenvalue weighted by Crippen LogP contribution is -2.29. The van der Waals surface area contributed by atoms with Gasteiger partial charge in [0, 0.05) is 16.7 Å². The molecule has 16 heavy (non-hydrogen) atoms. The number of carbonyl (C=O) groups excluding carboxylic acids is 1. The molecule has 0 heterocycles. The number of hydrogen-bond donors (Lipinski definition) is 0. The molecule has 0 atom stereocenters. The highest BCUT2D eigenvalue weighted by Crippen LogP contribution is 2.18. The summed E-state index contributed by atoms with van der Waals surface area (Å²) in [6.07, 6.45) is 4.99. The molecule has 1 aromatic rings. The van der Waals surface area contributed by atoms with Crippen molar-refractivity contribution in [1.29, 1.82) is 0 Å². The predicted octanol–water partition coefficient (Wildman–Crippen LogP) is 3.54. The van der Waals surface area contributed by atoms with E-state index in [0.29, 0.717) is 6.54 Å². The van der Waals surface area contributed by atoms with Crippen LogP contribution < -0.4 is 4.90 Å². The Morgan fingerprint density at radius 2 is 2.06 bits per heavy atom. The molecule has 84 valence electrons. The molecule has 0 saturated carbocycles. The summed E-state index contributed by atoms with van der Waals surface area (Å²) in [7, 11) is 0. The third-order valence-electron chi connectivity index (χ3n) is 2.03. The molecule has 0 spiro atoms. The van der Waals surface area contributed by atoms with E-state index in [9.17, 15) is 4.79 Å². The molecular formula is C13H14BrNO. The van der Waals surface area contributed by atoms with Gasteiger partial charge in [-0.25, -0.2) is 0 Å². The highest BCUT2D eigenvalue weighted by atomic mass is 79.9. The van der Waals surface area contributed by atoms with Crippen molar-refractivity contribution in [1.82, 2.24) is 0 Å². The molecule has 0 aromatic heterocycles. The summed E-state index contributed by atoms with van der Waals surface area (Å²) in [4.78, 5) is 13.5. The Morgan fingerprint density at radius 1 is 1.44 bits per heavy atom. The van der Waals surface area contributed by atoms with Gasteiger partial charge >= 0.3 is 0 Å². The molecule has 1 rings (SSSR count). The largest absolute Gasteiger partial charge is 0.305 e. The van der Waals surface area contributed by atoms with Crippen molar-refractivity contribution in [3.63, 3.8) is 0 Å². The molecule has 0 N–H and O–H groups in total. The van der Waals surface area contributed by atoms with E-state index in [1.807, 2.05) is 31.2 Å². The van der Waals surface area contributed by atoms with Crippen molar-refractivity contribution in [2.45, 2.75) is 6.92 Å². The lowest BCUT2D eigenvalue weighted by molar-refractivity contribution is -0.114. The van der Waals surface area contributed by atoms with E-state index in [0.717, 1.165) is 10.2 Å². The predicted molar refractivity (Wildman–Crippen MR) is 71.5 cm³/mol.